The van der Waals surface area contributed by atoms with E-state index in [2.05, 4.69) is 0 Å². The third-order valence-electron chi connectivity index (χ3n) is 3.98. The van der Waals surface area contributed by atoms with Gasteiger partial charge in [-0.3, -0.25) is 4.79 Å². The fraction of sp³-hybridized carbons (Fsp3) is 0.400. The summed E-state index contributed by atoms with van der Waals surface area (Å²) in [6, 6.07) is 4.81. The van der Waals surface area contributed by atoms with Crippen molar-refractivity contribution in [3.05, 3.63) is 33.8 Å². The van der Waals surface area contributed by atoms with Crippen LogP contribution in [0.1, 0.15) is 12.5 Å². The molecule has 0 saturated carbocycles. The maximum Gasteiger partial charge on any atom is 0.407 e. The van der Waals surface area contributed by atoms with Crippen molar-refractivity contribution in [3.63, 3.8) is 0 Å². The number of carboxylic acid groups (broad SMARTS) is 1. The highest BCUT2D eigenvalue weighted by atomic mass is 35.5. The number of hydrogen-bond acceptors (Lipinski definition) is 4. The highest BCUT2D eigenvalue weighted by Crippen LogP contribution is 2.33. The summed E-state index contributed by atoms with van der Waals surface area (Å²) >= 11 is 12.0. The summed E-state index contributed by atoms with van der Waals surface area (Å²) in [6.45, 7) is 1.03. The molecular formula is C15H16Cl2N2O5. The van der Waals surface area contributed by atoms with Gasteiger partial charge in [-0.2, -0.15) is 0 Å². The Bertz CT molecular complexity index is 688. The first-order valence-corrected chi connectivity index (χ1v) is 7.75. The van der Waals surface area contributed by atoms with Crippen molar-refractivity contribution in [1.29, 1.82) is 0 Å². The lowest BCUT2D eigenvalue weighted by molar-refractivity contribution is -0.173. The van der Waals surface area contributed by atoms with E-state index in [1.807, 2.05) is 0 Å². The number of nitrogens with zero attached hydrogens (tertiary/aromatic N) is 2. The molecular weight excluding hydrogens is 359 g/mol. The van der Waals surface area contributed by atoms with Crippen LogP contribution in [0.2, 0.25) is 10.0 Å². The normalized spacial score (nSPS) is 15.4. The topological polar surface area (TPSA) is 87.2 Å². The van der Waals surface area contributed by atoms with E-state index in [-0.39, 0.29) is 19.6 Å². The average Bonchev–Trinajstić information content (AvgIpc) is 2.46. The Morgan fingerprint density at radius 3 is 2.42 bits per heavy atom. The van der Waals surface area contributed by atoms with Gasteiger partial charge in [0.1, 0.15) is 0 Å². The SMILES string of the molecule is COC(=O)C1(N(Cc2ccc(Cl)cc2Cl)C(C)=O)CN(C(=O)O)C1. The van der Waals surface area contributed by atoms with E-state index in [9.17, 15) is 14.4 Å². The number of benzene rings is 1. The third-order valence-corrected chi connectivity index (χ3v) is 4.57. The number of esters is 1. The molecule has 24 heavy (non-hydrogen) atoms. The van der Waals surface area contributed by atoms with E-state index in [0.29, 0.717) is 15.6 Å². The number of rotatable bonds is 4. The van der Waals surface area contributed by atoms with Crippen LogP contribution in [0.15, 0.2) is 18.2 Å². The molecule has 1 heterocycles. The molecule has 1 aromatic carbocycles. The number of ether oxygens (including phenoxy) is 1. The Kier molecular flexibility index (Phi) is 5.25. The van der Waals surface area contributed by atoms with Gasteiger partial charge in [0.05, 0.1) is 20.2 Å². The van der Waals surface area contributed by atoms with E-state index >= 15 is 0 Å². The van der Waals surface area contributed by atoms with Gasteiger partial charge in [-0.25, -0.2) is 9.59 Å². The molecule has 0 unspecified atom stereocenters. The number of hydrogen-bond donors (Lipinski definition) is 1. The standard InChI is InChI=1S/C15H16Cl2N2O5/c1-9(20)19(6-10-3-4-11(16)5-12(10)17)15(13(21)24-2)7-18(8-15)14(22)23/h3-5H,6-8H2,1-2H3,(H,22,23). The Hall–Kier alpha value is -1.99. The molecule has 1 aliphatic rings. The second-order valence-electron chi connectivity index (χ2n) is 5.50. The van der Waals surface area contributed by atoms with Gasteiger partial charge in [0, 0.05) is 23.5 Å². The maximum atomic E-state index is 12.3. The molecule has 0 atom stereocenters. The van der Waals surface area contributed by atoms with Gasteiger partial charge >= 0.3 is 12.1 Å². The van der Waals surface area contributed by atoms with E-state index in [1.165, 1.54) is 25.0 Å². The van der Waals surface area contributed by atoms with Crippen molar-refractivity contribution in [2.24, 2.45) is 0 Å². The highest BCUT2D eigenvalue weighted by molar-refractivity contribution is 6.35. The van der Waals surface area contributed by atoms with E-state index in [0.717, 1.165) is 4.90 Å². The van der Waals surface area contributed by atoms with Crippen LogP contribution >= 0.6 is 23.2 Å². The third kappa shape index (κ3) is 3.27. The molecule has 1 aliphatic heterocycles. The summed E-state index contributed by atoms with van der Waals surface area (Å²) in [6.07, 6.45) is -1.16. The van der Waals surface area contributed by atoms with Crippen molar-refractivity contribution in [3.8, 4) is 0 Å². The molecule has 0 aliphatic carbocycles. The molecule has 7 nitrogen and oxygen atoms in total. The molecule has 1 saturated heterocycles. The quantitative estimate of drug-likeness (QED) is 0.816. The van der Waals surface area contributed by atoms with Crippen molar-refractivity contribution >= 4 is 41.2 Å². The van der Waals surface area contributed by atoms with E-state index in [4.69, 9.17) is 33.0 Å². The Labute approximate surface area is 148 Å². The summed E-state index contributed by atoms with van der Waals surface area (Å²) < 4.78 is 4.80. The lowest BCUT2D eigenvalue weighted by atomic mass is 9.87. The zero-order valence-corrected chi connectivity index (χ0v) is 14.6. The summed E-state index contributed by atoms with van der Waals surface area (Å²) in [5.41, 5.74) is -0.768. The van der Waals surface area contributed by atoms with Crippen molar-refractivity contribution in [1.82, 2.24) is 9.80 Å². The number of amides is 2. The molecule has 0 aromatic heterocycles. The number of halogens is 2. The minimum atomic E-state index is -1.36. The molecule has 9 heteroatoms. The molecule has 0 radical (unpaired) electrons. The van der Waals surface area contributed by atoms with E-state index < -0.39 is 23.5 Å². The lowest BCUT2D eigenvalue weighted by Crippen LogP contribution is -2.75. The maximum absolute atomic E-state index is 12.3. The van der Waals surface area contributed by atoms with Gasteiger partial charge < -0.3 is 19.6 Å². The predicted molar refractivity (Wildman–Crippen MR) is 87.0 cm³/mol. The number of carbonyl (C=O) groups is 3. The van der Waals surface area contributed by atoms with Crippen LogP contribution in [0.4, 0.5) is 4.79 Å². The molecule has 130 valence electrons. The molecule has 2 amide bonds. The molecule has 1 N–H and O–H groups in total. The van der Waals surface area contributed by atoms with Crippen molar-refractivity contribution < 1.29 is 24.2 Å². The first-order valence-electron chi connectivity index (χ1n) is 6.99. The largest absolute Gasteiger partial charge is 0.467 e. The van der Waals surface area contributed by atoms with Crippen molar-refractivity contribution in [2.45, 2.75) is 19.0 Å². The summed E-state index contributed by atoms with van der Waals surface area (Å²) in [5.74, 6) is -1.06. The minimum Gasteiger partial charge on any atom is -0.467 e. The first kappa shape index (κ1) is 18.4. The minimum absolute atomic E-state index is 0.0356. The summed E-state index contributed by atoms with van der Waals surface area (Å²) in [7, 11) is 1.20. The summed E-state index contributed by atoms with van der Waals surface area (Å²) in [4.78, 5) is 37.8. The Morgan fingerprint density at radius 1 is 1.33 bits per heavy atom. The second-order valence-corrected chi connectivity index (χ2v) is 6.35. The molecule has 0 spiro atoms. The van der Waals surface area contributed by atoms with Gasteiger partial charge in [0.2, 0.25) is 5.91 Å². The van der Waals surface area contributed by atoms with Crippen LogP contribution in [-0.2, 0) is 20.9 Å². The molecule has 0 bridgehead atoms. The summed E-state index contributed by atoms with van der Waals surface area (Å²) in [5, 5.41) is 9.84. The van der Waals surface area contributed by atoms with E-state index in [1.54, 1.807) is 12.1 Å². The zero-order chi connectivity index (χ0) is 18.1. The fourth-order valence-electron chi connectivity index (χ4n) is 2.70. The number of carbonyl (C=O) groups excluding carboxylic acids is 2. The molecule has 1 fully saturated rings. The predicted octanol–water partition coefficient (Wildman–Crippen LogP) is 2.25. The Morgan fingerprint density at radius 2 is 1.96 bits per heavy atom. The molecule has 1 aromatic rings. The smallest absolute Gasteiger partial charge is 0.407 e. The van der Waals surface area contributed by atoms with Crippen LogP contribution in [0.3, 0.4) is 0 Å². The second kappa shape index (κ2) is 6.86. The average molecular weight is 375 g/mol. The monoisotopic (exact) mass is 374 g/mol. The highest BCUT2D eigenvalue weighted by Gasteiger charge is 2.57. The number of methoxy groups -OCH3 is 1. The number of likely N-dealkylation sites (tertiary alicyclic amines) is 1. The van der Waals surface area contributed by atoms with Gasteiger partial charge in [-0.15, -0.1) is 0 Å². The van der Waals surface area contributed by atoms with Crippen LogP contribution in [0, 0.1) is 0 Å². The van der Waals surface area contributed by atoms with Gasteiger partial charge in [0.25, 0.3) is 0 Å². The van der Waals surface area contributed by atoms with Crippen molar-refractivity contribution in [2.75, 3.05) is 20.2 Å². The van der Waals surface area contributed by atoms with Crippen LogP contribution in [0.25, 0.3) is 0 Å². The zero-order valence-electron chi connectivity index (χ0n) is 13.1. The fourth-order valence-corrected chi connectivity index (χ4v) is 3.17. The van der Waals surface area contributed by atoms with Gasteiger partial charge in [-0.05, 0) is 17.7 Å². The van der Waals surface area contributed by atoms with Gasteiger partial charge in [0.15, 0.2) is 5.54 Å². The lowest BCUT2D eigenvalue weighted by Gasteiger charge is -2.51. The first-order chi connectivity index (χ1) is 11.2. The van der Waals surface area contributed by atoms with Crippen LogP contribution in [0.5, 0.6) is 0 Å². The van der Waals surface area contributed by atoms with Gasteiger partial charge in [-0.1, -0.05) is 29.3 Å². The van der Waals surface area contributed by atoms with Crippen LogP contribution in [-0.4, -0.2) is 58.6 Å². The molecule has 2 rings (SSSR count). The van der Waals surface area contributed by atoms with Crippen LogP contribution < -0.4 is 0 Å². The Balaban J connectivity index is 2.35.